The number of benzene rings is 3. The fourth-order valence-electron chi connectivity index (χ4n) is 2.97. The standard InChI is InChI=1S/C25H20N4O5/c1-17-5-2-7-20(11-17)27-24(30)16-34-23-10-3-6-18(13-23)12-19(15-26)25(31)28-21-8-4-9-22(14-21)29(32)33/h2-14H,16H2,1H3,(H,27,30)(H,28,31)/b19-12-. The Kier molecular flexibility index (Phi) is 7.71. The number of nitro groups is 1. The zero-order chi connectivity index (χ0) is 24.5. The first kappa shape index (κ1) is 23.7. The van der Waals surface area contributed by atoms with Crippen LogP contribution in [0, 0.1) is 28.4 Å². The molecule has 2 amide bonds. The lowest BCUT2D eigenvalue weighted by Gasteiger charge is -2.09. The quantitative estimate of drug-likeness (QED) is 0.222. The van der Waals surface area contributed by atoms with Crippen LogP contribution in [-0.2, 0) is 9.59 Å². The van der Waals surface area contributed by atoms with E-state index >= 15 is 0 Å². The molecule has 2 N–H and O–H groups in total. The lowest BCUT2D eigenvalue weighted by molar-refractivity contribution is -0.384. The number of carbonyl (C=O) groups is 2. The van der Waals surface area contributed by atoms with E-state index in [0.29, 0.717) is 17.0 Å². The van der Waals surface area contributed by atoms with E-state index in [4.69, 9.17) is 4.74 Å². The summed E-state index contributed by atoms with van der Waals surface area (Å²) in [5.41, 5.74) is 1.98. The van der Waals surface area contributed by atoms with Gasteiger partial charge in [0.05, 0.1) is 4.92 Å². The summed E-state index contributed by atoms with van der Waals surface area (Å²) in [5, 5.41) is 25.5. The Morgan fingerprint density at radius 2 is 1.74 bits per heavy atom. The van der Waals surface area contributed by atoms with Gasteiger partial charge >= 0.3 is 0 Å². The number of non-ortho nitro benzene ring substituents is 1. The molecular weight excluding hydrogens is 436 g/mol. The largest absolute Gasteiger partial charge is 0.484 e. The van der Waals surface area contributed by atoms with Gasteiger partial charge in [0.15, 0.2) is 6.61 Å². The van der Waals surface area contributed by atoms with Crippen LogP contribution < -0.4 is 15.4 Å². The molecule has 170 valence electrons. The van der Waals surface area contributed by atoms with Crippen molar-refractivity contribution in [3.63, 3.8) is 0 Å². The minimum atomic E-state index is -0.716. The molecule has 9 nitrogen and oxygen atoms in total. The molecule has 0 fully saturated rings. The summed E-state index contributed by atoms with van der Waals surface area (Å²) in [6.45, 7) is 1.70. The van der Waals surface area contributed by atoms with Crippen molar-refractivity contribution in [1.29, 1.82) is 5.26 Å². The fourth-order valence-corrected chi connectivity index (χ4v) is 2.97. The third-order valence-corrected chi connectivity index (χ3v) is 4.52. The number of nitro benzene ring substituents is 1. The maximum absolute atomic E-state index is 12.5. The highest BCUT2D eigenvalue weighted by atomic mass is 16.6. The Morgan fingerprint density at radius 3 is 2.44 bits per heavy atom. The second-order valence-corrected chi connectivity index (χ2v) is 7.21. The van der Waals surface area contributed by atoms with E-state index in [1.165, 1.54) is 30.3 Å². The molecule has 0 aliphatic rings. The predicted octanol–water partition coefficient (Wildman–Crippen LogP) is 4.47. The van der Waals surface area contributed by atoms with Crippen molar-refractivity contribution in [1.82, 2.24) is 0 Å². The summed E-state index contributed by atoms with van der Waals surface area (Å²) in [6.07, 6.45) is 1.35. The van der Waals surface area contributed by atoms with Crippen molar-refractivity contribution in [3.8, 4) is 11.8 Å². The van der Waals surface area contributed by atoms with Crippen LogP contribution in [0.15, 0.2) is 78.4 Å². The molecule has 0 radical (unpaired) electrons. The molecule has 0 spiro atoms. The summed E-state index contributed by atoms with van der Waals surface area (Å²) >= 11 is 0. The number of carbonyl (C=O) groups excluding carboxylic acids is 2. The van der Waals surface area contributed by atoms with Gasteiger partial charge in [0.1, 0.15) is 17.4 Å². The average molecular weight is 456 g/mol. The molecule has 9 heteroatoms. The molecular formula is C25H20N4O5. The summed E-state index contributed by atoms with van der Waals surface area (Å²) in [6, 6.07) is 21.1. The monoisotopic (exact) mass is 456 g/mol. The van der Waals surface area contributed by atoms with Crippen molar-refractivity contribution in [2.75, 3.05) is 17.2 Å². The number of ether oxygens (including phenoxy) is 1. The lowest BCUT2D eigenvalue weighted by Crippen LogP contribution is -2.20. The van der Waals surface area contributed by atoms with Crippen LogP contribution >= 0.6 is 0 Å². The smallest absolute Gasteiger partial charge is 0.271 e. The maximum atomic E-state index is 12.5. The second kappa shape index (κ2) is 11.1. The topological polar surface area (TPSA) is 134 Å². The van der Waals surface area contributed by atoms with Crippen molar-refractivity contribution in [2.24, 2.45) is 0 Å². The summed E-state index contributed by atoms with van der Waals surface area (Å²) in [4.78, 5) is 34.9. The molecule has 3 rings (SSSR count). The minimum absolute atomic E-state index is 0.184. The van der Waals surface area contributed by atoms with Gasteiger partial charge in [-0.3, -0.25) is 19.7 Å². The molecule has 0 bridgehead atoms. The van der Waals surface area contributed by atoms with Gasteiger partial charge in [-0.25, -0.2) is 0 Å². The number of nitrogens with zero attached hydrogens (tertiary/aromatic N) is 2. The van der Waals surface area contributed by atoms with Gasteiger partial charge in [-0.15, -0.1) is 0 Å². The van der Waals surface area contributed by atoms with Crippen LogP contribution in [0.3, 0.4) is 0 Å². The van der Waals surface area contributed by atoms with Gasteiger partial charge in [0, 0.05) is 23.5 Å². The van der Waals surface area contributed by atoms with Crippen LogP contribution in [0.1, 0.15) is 11.1 Å². The van der Waals surface area contributed by atoms with E-state index < -0.39 is 10.8 Å². The number of nitriles is 1. The van der Waals surface area contributed by atoms with E-state index in [-0.39, 0.29) is 29.5 Å². The number of hydrogen-bond donors (Lipinski definition) is 2. The number of aryl methyl sites for hydroxylation is 1. The third-order valence-electron chi connectivity index (χ3n) is 4.52. The Balaban J connectivity index is 1.65. The Hall–Kier alpha value is -4.97. The van der Waals surface area contributed by atoms with Crippen LogP contribution in [0.5, 0.6) is 5.75 Å². The van der Waals surface area contributed by atoms with Crippen molar-refractivity contribution >= 4 is 35.0 Å². The van der Waals surface area contributed by atoms with E-state index in [1.54, 1.807) is 30.3 Å². The zero-order valence-corrected chi connectivity index (χ0v) is 18.1. The van der Waals surface area contributed by atoms with Gasteiger partial charge in [-0.2, -0.15) is 5.26 Å². The highest BCUT2D eigenvalue weighted by Crippen LogP contribution is 2.19. The van der Waals surface area contributed by atoms with Crippen LogP contribution in [-0.4, -0.2) is 23.3 Å². The maximum Gasteiger partial charge on any atom is 0.271 e. The molecule has 3 aromatic carbocycles. The highest BCUT2D eigenvalue weighted by Gasteiger charge is 2.12. The SMILES string of the molecule is Cc1cccc(NC(=O)COc2cccc(/C=C(/C#N)C(=O)Nc3cccc([N+](=O)[O-])c3)c2)c1. The Labute approximate surface area is 195 Å². The highest BCUT2D eigenvalue weighted by molar-refractivity contribution is 6.09. The van der Waals surface area contributed by atoms with E-state index in [0.717, 1.165) is 5.56 Å². The molecule has 3 aromatic rings. The predicted molar refractivity (Wildman–Crippen MR) is 127 cm³/mol. The van der Waals surface area contributed by atoms with Gasteiger partial charge in [-0.1, -0.05) is 30.3 Å². The first-order valence-corrected chi connectivity index (χ1v) is 10.1. The van der Waals surface area contributed by atoms with Gasteiger partial charge < -0.3 is 15.4 Å². The fraction of sp³-hybridized carbons (Fsp3) is 0.0800. The first-order valence-electron chi connectivity index (χ1n) is 10.1. The number of hydrogen-bond acceptors (Lipinski definition) is 6. The molecule has 0 aliphatic heterocycles. The average Bonchev–Trinajstić information content (AvgIpc) is 2.81. The molecule has 0 aliphatic carbocycles. The van der Waals surface area contributed by atoms with Gasteiger partial charge in [0.2, 0.25) is 0 Å². The van der Waals surface area contributed by atoms with Crippen LogP contribution in [0.25, 0.3) is 6.08 Å². The van der Waals surface area contributed by atoms with Gasteiger partial charge in [-0.05, 0) is 54.5 Å². The molecule has 0 heterocycles. The molecule has 0 saturated carbocycles. The molecule has 34 heavy (non-hydrogen) atoms. The normalized spacial score (nSPS) is 10.6. The van der Waals surface area contributed by atoms with Crippen LogP contribution in [0.4, 0.5) is 17.1 Å². The van der Waals surface area contributed by atoms with Crippen molar-refractivity contribution in [3.05, 3.63) is 99.6 Å². The van der Waals surface area contributed by atoms with Crippen LogP contribution in [0.2, 0.25) is 0 Å². The number of anilines is 2. The summed E-state index contributed by atoms with van der Waals surface area (Å²) in [5.74, 6) is -0.669. The first-order chi connectivity index (χ1) is 16.3. The van der Waals surface area contributed by atoms with E-state index in [1.807, 2.05) is 31.2 Å². The van der Waals surface area contributed by atoms with E-state index in [2.05, 4.69) is 10.6 Å². The summed E-state index contributed by atoms with van der Waals surface area (Å²) < 4.78 is 5.53. The Bertz CT molecular complexity index is 1310. The number of amides is 2. The number of nitrogens with one attached hydrogen (secondary N) is 2. The van der Waals surface area contributed by atoms with E-state index in [9.17, 15) is 25.0 Å². The Morgan fingerprint density at radius 1 is 1.03 bits per heavy atom. The minimum Gasteiger partial charge on any atom is -0.484 e. The van der Waals surface area contributed by atoms with Crippen molar-refractivity contribution in [2.45, 2.75) is 6.92 Å². The zero-order valence-electron chi connectivity index (χ0n) is 18.1. The molecule has 0 atom stereocenters. The summed E-state index contributed by atoms with van der Waals surface area (Å²) in [7, 11) is 0. The van der Waals surface area contributed by atoms with Crippen molar-refractivity contribution < 1.29 is 19.2 Å². The molecule has 0 aromatic heterocycles. The third kappa shape index (κ3) is 6.77. The lowest BCUT2D eigenvalue weighted by atomic mass is 10.1. The second-order valence-electron chi connectivity index (χ2n) is 7.21. The number of rotatable bonds is 8. The van der Waals surface area contributed by atoms with Gasteiger partial charge in [0.25, 0.3) is 17.5 Å². The molecule has 0 unspecified atom stereocenters. The molecule has 0 saturated heterocycles.